The molecule has 0 spiro atoms. The number of fused-ring (bicyclic) bond motifs is 1. The minimum absolute atomic E-state index is 0.0518. The highest BCUT2D eigenvalue weighted by Gasteiger charge is 2.12. The van der Waals surface area contributed by atoms with E-state index in [9.17, 15) is 4.79 Å². The molecule has 2 heterocycles. The number of ether oxygens (including phenoxy) is 2. The summed E-state index contributed by atoms with van der Waals surface area (Å²) in [6.45, 7) is 5.89. The van der Waals surface area contributed by atoms with Crippen LogP contribution in [0.25, 0.3) is 16.9 Å². The molecule has 1 N–H and O–H groups in total. The van der Waals surface area contributed by atoms with Crippen molar-refractivity contribution in [2.24, 2.45) is 0 Å². The number of pyridine rings is 1. The fraction of sp³-hybridized carbons (Fsp3) is 0.200. The van der Waals surface area contributed by atoms with Crippen molar-refractivity contribution in [2.45, 2.75) is 20.8 Å². The average Bonchev–Trinajstić information content (AvgIpc) is 3.09. The number of rotatable bonds is 6. The molecule has 0 aliphatic heterocycles. The molecule has 4 rings (SSSR count). The second-order valence-electron chi connectivity index (χ2n) is 7.48. The largest absolute Gasteiger partial charge is 0.497 e. The number of nitrogens with one attached hydrogen (secondary N) is 1. The van der Waals surface area contributed by atoms with Crippen LogP contribution in [0.15, 0.2) is 60.8 Å². The number of para-hydroxylation sites is 1. The zero-order chi connectivity index (χ0) is 22.0. The standard InChI is InChI=1S/C25H25N3O3/c1-16-6-5-7-17(2)25(16)31-15-23(29)26-20-10-13-22-27-24(18(3)28(22)14-20)19-8-11-21(30-4)12-9-19/h5-14H,15H2,1-4H3,(H,26,29). The van der Waals surface area contributed by atoms with Crippen molar-refractivity contribution in [3.05, 3.63) is 77.6 Å². The Balaban J connectivity index is 1.51. The number of hydrogen-bond donors (Lipinski definition) is 1. The van der Waals surface area contributed by atoms with Crippen LogP contribution in [0, 0.1) is 20.8 Å². The number of imidazole rings is 1. The molecule has 4 aromatic rings. The van der Waals surface area contributed by atoms with Crippen molar-refractivity contribution in [2.75, 3.05) is 19.0 Å². The molecule has 6 nitrogen and oxygen atoms in total. The number of aryl methyl sites for hydroxylation is 3. The van der Waals surface area contributed by atoms with Crippen LogP contribution in [0.4, 0.5) is 5.69 Å². The van der Waals surface area contributed by atoms with Gasteiger partial charge in [-0.3, -0.25) is 4.79 Å². The van der Waals surface area contributed by atoms with E-state index in [1.807, 2.05) is 86.0 Å². The first kappa shape index (κ1) is 20.5. The second-order valence-corrected chi connectivity index (χ2v) is 7.48. The van der Waals surface area contributed by atoms with E-state index in [1.54, 1.807) is 7.11 Å². The van der Waals surface area contributed by atoms with E-state index in [-0.39, 0.29) is 12.5 Å². The maximum atomic E-state index is 12.4. The van der Waals surface area contributed by atoms with Crippen molar-refractivity contribution < 1.29 is 14.3 Å². The molecular weight excluding hydrogens is 390 g/mol. The Morgan fingerprint density at radius 1 is 1.00 bits per heavy atom. The van der Waals surface area contributed by atoms with Gasteiger partial charge < -0.3 is 19.2 Å². The van der Waals surface area contributed by atoms with Crippen molar-refractivity contribution >= 4 is 17.2 Å². The van der Waals surface area contributed by atoms with Gasteiger partial charge in [-0.25, -0.2) is 4.98 Å². The van der Waals surface area contributed by atoms with Gasteiger partial charge in [0.25, 0.3) is 5.91 Å². The summed E-state index contributed by atoms with van der Waals surface area (Å²) < 4.78 is 13.0. The fourth-order valence-corrected chi connectivity index (χ4v) is 3.62. The minimum Gasteiger partial charge on any atom is -0.497 e. The van der Waals surface area contributed by atoms with E-state index in [1.165, 1.54) is 0 Å². The first-order chi connectivity index (χ1) is 15.0. The summed E-state index contributed by atoms with van der Waals surface area (Å²) in [7, 11) is 1.65. The van der Waals surface area contributed by atoms with Gasteiger partial charge in [0.2, 0.25) is 0 Å². The van der Waals surface area contributed by atoms with Crippen molar-refractivity contribution in [3.63, 3.8) is 0 Å². The maximum absolute atomic E-state index is 12.4. The molecule has 0 radical (unpaired) electrons. The first-order valence-electron chi connectivity index (χ1n) is 10.1. The lowest BCUT2D eigenvalue weighted by atomic mass is 10.1. The quantitative estimate of drug-likeness (QED) is 0.484. The van der Waals surface area contributed by atoms with Crippen LogP contribution in [0.2, 0.25) is 0 Å². The van der Waals surface area contributed by atoms with Crippen molar-refractivity contribution in [1.29, 1.82) is 0 Å². The van der Waals surface area contributed by atoms with Crippen molar-refractivity contribution in [3.8, 4) is 22.8 Å². The summed E-state index contributed by atoms with van der Waals surface area (Å²) in [5.74, 6) is 1.34. The Hall–Kier alpha value is -3.80. The molecule has 0 bridgehead atoms. The van der Waals surface area contributed by atoms with E-state index < -0.39 is 0 Å². The number of nitrogens with zero attached hydrogens (tertiary/aromatic N) is 2. The summed E-state index contributed by atoms with van der Waals surface area (Å²) in [6.07, 6.45) is 1.88. The van der Waals surface area contributed by atoms with E-state index in [2.05, 4.69) is 5.32 Å². The highest BCUT2D eigenvalue weighted by Crippen LogP contribution is 2.27. The second kappa shape index (κ2) is 8.52. The Morgan fingerprint density at radius 3 is 2.39 bits per heavy atom. The number of methoxy groups -OCH3 is 1. The number of carbonyl (C=O) groups is 1. The molecule has 31 heavy (non-hydrogen) atoms. The average molecular weight is 415 g/mol. The third kappa shape index (κ3) is 4.23. The fourth-order valence-electron chi connectivity index (χ4n) is 3.62. The normalized spacial score (nSPS) is 10.8. The van der Waals surface area contributed by atoms with Crippen LogP contribution in [0.5, 0.6) is 11.5 Å². The molecule has 0 saturated heterocycles. The van der Waals surface area contributed by atoms with Crippen LogP contribution >= 0.6 is 0 Å². The van der Waals surface area contributed by atoms with Gasteiger partial charge in [0.15, 0.2) is 6.61 Å². The van der Waals surface area contributed by atoms with Gasteiger partial charge in [0.1, 0.15) is 17.1 Å². The summed E-state index contributed by atoms with van der Waals surface area (Å²) in [4.78, 5) is 17.2. The van der Waals surface area contributed by atoms with E-state index in [4.69, 9.17) is 14.5 Å². The van der Waals surface area contributed by atoms with Gasteiger partial charge in [-0.05, 0) is 68.3 Å². The lowest BCUT2D eigenvalue weighted by molar-refractivity contribution is -0.118. The highest BCUT2D eigenvalue weighted by molar-refractivity contribution is 5.92. The zero-order valence-corrected chi connectivity index (χ0v) is 18.1. The van der Waals surface area contributed by atoms with E-state index >= 15 is 0 Å². The number of benzene rings is 2. The third-order valence-electron chi connectivity index (χ3n) is 5.26. The summed E-state index contributed by atoms with van der Waals surface area (Å²) in [5.41, 5.74) is 6.41. The van der Waals surface area contributed by atoms with Gasteiger partial charge in [0, 0.05) is 17.5 Å². The summed E-state index contributed by atoms with van der Waals surface area (Å²) >= 11 is 0. The van der Waals surface area contributed by atoms with Gasteiger partial charge in [-0.1, -0.05) is 18.2 Å². The molecule has 0 atom stereocenters. The minimum atomic E-state index is -0.213. The lowest BCUT2D eigenvalue weighted by Gasteiger charge is -2.12. The van der Waals surface area contributed by atoms with Crippen LogP contribution in [-0.2, 0) is 4.79 Å². The molecule has 0 fully saturated rings. The predicted octanol–water partition coefficient (Wildman–Crippen LogP) is 4.95. The lowest BCUT2D eigenvalue weighted by Crippen LogP contribution is -2.20. The van der Waals surface area contributed by atoms with Gasteiger partial charge >= 0.3 is 0 Å². The number of anilines is 1. The van der Waals surface area contributed by atoms with Gasteiger partial charge in [0.05, 0.1) is 18.5 Å². The van der Waals surface area contributed by atoms with Gasteiger partial charge in [-0.15, -0.1) is 0 Å². The van der Waals surface area contributed by atoms with Crippen molar-refractivity contribution in [1.82, 2.24) is 9.38 Å². The molecular formula is C25H25N3O3. The van der Waals surface area contributed by atoms with E-state index in [0.717, 1.165) is 45.2 Å². The summed E-state index contributed by atoms with van der Waals surface area (Å²) in [6, 6.07) is 17.5. The Morgan fingerprint density at radius 2 is 1.71 bits per heavy atom. The van der Waals surface area contributed by atoms with Gasteiger partial charge in [-0.2, -0.15) is 0 Å². The Bertz CT molecular complexity index is 1220. The SMILES string of the molecule is COc1ccc(-c2nc3ccc(NC(=O)COc4c(C)cccc4C)cn3c2C)cc1. The molecule has 0 aliphatic rings. The van der Waals surface area contributed by atoms with Crippen LogP contribution < -0.4 is 14.8 Å². The highest BCUT2D eigenvalue weighted by atomic mass is 16.5. The number of aromatic nitrogens is 2. The van der Waals surface area contributed by atoms with Crippen LogP contribution in [0.3, 0.4) is 0 Å². The number of amides is 1. The maximum Gasteiger partial charge on any atom is 0.262 e. The summed E-state index contributed by atoms with van der Waals surface area (Å²) in [5, 5.41) is 2.91. The van der Waals surface area contributed by atoms with Crippen LogP contribution in [0.1, 0.15) is 16.8 Å². The number of hydrogen-bond acceptors (Lipinski definition) is 4. The molecule has 2 aromatic carbocycles. The number of carbonyl (C=O) groups excluding carboxylic acids is 1. The molecule has 2 aromatic heterocycles. The van der Waals surface area contributed by atoms with Crippen LogP contribution in [-0.4, -0.2) is 29.0 Å². The smallest absolute Gasteiger partial charge is 0.262 e. The Labute approximate surface area is 181 Å². The monoisotopic (exact) mass is 415 g/mol. The third-order valence-corrected chi connectivity index (χ3v) is 5.26. The molecule has 6 heteroatoms. The van der Waals surface area contributed by atoms with E-state index in [0.29, 0.717) is 5.69 Å². The zero-order valence-electron chi connectivity index (χ0n) is 18.1. The first-order valence-corrected chi connectivity index (χ1v) is 10.1. The molecule has 0 aliphatic carbocycles. The molecule has 0 saturated carbocycles. The molecule has 0 unspecified atom stereocenters. The topological polar surface area (TPSA) is 64.9 Å². The molecule has 1 amide bonds. The predicted molar refractivity (Wildman–Crippen MR) is 122 cm³/mol. The Kier molecular flexibility index (Phi) is 5.62. The molecule has 158 valence electrons.